The number of anilines is 1. The van der Waals surface area contributed by atoms with E-state index in [0.29, 0.717) is 12.2 Å². The summed E-state index contributed by atoms with van der Waals surface area (Å²) in [7, 11) is 0. The highest BCUT2D eigenvalue weighted by Gasteiger charge is 2.19. The van der Waals surface area contributed by atoms with Crippen molar-refractivity contribution >= 4 is 28.6 Å². The molecule has 0 aliphatic heterocycles. The molecule has 29 heavy (non-hydrogen) atoms. The number of fused-ring (bicyclic) bond motifs is 1. The number of benzene rings is 2. The first-order valence-electron chi connectivity index (χ1n) is 9.74. The van der Waals surface area contributed by atoms with E-state index in [-0.39, 0.29) is 18.7 Å². The van der Waals surface area contributed by atoms with Crippen molar-refractivity contribution in [1.29, 1.82) is 0 Å². The average molecular weight is 395 g/mol. The van der Waals surface area contributed by atoms with E-state index in [4.69, 9.17) is 4.74 Å². The lowest BCUT2D eigenvalue weighted by Crippen LogP contribution is -2.31. The number of nitrogens with one attached hydrogen (secondary N) is 1. The Morgan fingerprint density at radius 1 is 0.966 bits per heavy atom. The SMILES string of the molecule is CCCn1c(=O)n(CCC(=O)O[C@@H](C)C(=O)Nc2ccccc2)c2ccccc21. The van der Waals surface area contributed by atoms with Gasteiger partial charge in [0.1, 0.15) is 0 Å². The number of para-hydroxylation sites is 3. The molecule has 3 rings (SSSR count). The summed E-state index contributed by atoms with van der Waals surface area (Å²) in [5, 5.41) is 2.70. The van der Waals surface area contributed by atoms with E-state index in [0.717, 1.165) is 17.5 Å². The predicted molar refractivity (Wildman–Crippen MR) is 112 cm³/mol. The minimum absolute atomic E-state index is 0.00297. The zero-order chi connectivity index (χ0) is 20.8. The molecule has 0 radical (unpaired) electrons. The van der Waals surface area contributed by atoms with E-state index in [9.17, 15) is 14.4 Å². The molecule has 1 amide bonds. The fraction of sp³-hybridized carbons (Fsp3) is 0.318. The van der Waals surface area contributed by atoms with Crippen molar-refractivity contribution in [3.05, 3.63) is 65.1 Å². The van der Waals surface area contributed by atoms with Crippen LogP contribution in [-0.4, -0.2) is 27.1 Å². The van der Waals surface area contributed by atoms with Crippen molar-refractivity contribution in [3.8, 4) is 0 Å². The van der Waals surface area contributed by atoms with Gasteiger partial charge in [0.05, 0.1) is 17.5 Å². The van der Waals surface area contributed by atoms with Crippen LogP contribution in [-0.2, 0) is 27.4 Å². The number of hydrogen-bond donors (Lipinski definition) is 1. The lowest BCUT2D eigenvalue weighted by molar-refractivity contribution is -0.153. The topological polar surface area (TPSA) is 82.3 Å². The number of aromatic nitrogens is 2. The standard InChI is InChI=1S/C22H25N3O4/c1-3-14-24-18-11-7-8-12-19(18)25(22(24)28)15-13-20(26)29-16(2)21(27)23-17-9-5-4-6-10-17/h4-12,16H,3,13-15H2,1-2H3,(H,23,27)/t16-/m0/s1. The van der Waals surface area contributed by atoms with Crippen LogP contribution in [0.2, 0.25) is 0 Å². The molecule has 0 aliphatic rings. The van der Waals surface area contributed by atoms with Gasteiger partial charge < -0.3 is 10.1 Å². The number of carbonyl (C=O) groups is 2. The van der Waals surface area contributed by atoms with E-state index in [1.165, 1.54) is 6.92 Å². The van der Waals surface area contributed by atoms with Crippen LogP contribution < -0.4 is 11.0 Å². The molecule has 152 valence electrons. The average Bonchev–Trinajstić information content (AvgIpc) is 2.99. The summed E-state index contributed by atoms with van der Waals surface area (Å²) < 4.78 is 8.54. The summed E-state index contributed by atoms with van der Waals surface area (Å²) >= 11 is 0. The highest BCUT2D eigenvalue weighted by atomic mass is 16.5. The summed E-state index contributed by atoms with van der Waals surface area (Å²) in [6.45, 7) is 4.35. The van der Waals surface area contributed by atoms with Gasteiger partial charge in [0.2, 0.25) is 0 Å². The smallest absolute Gasteiger partial charge is 0.329 e. The van der Waals surface area contributed by atoms with E-state index in [2.05, 4.69) is 5.32 Å². The Kier molecular flexibility index (Phi) is 6.49. The molecule has 3 aromatic rings. The highest BCUT2D eigenvalue weighted by Crippen LogP contribution is 2.14. The Morgan fingerprint density at radius 2 is 1.55 bits per heavy atom. The number of carbonyl (C=O) groups excluding carboxylic acids is 2. The first kappa shape index (κ1) is 20.4. The maximum absolute atomic E-state index is 12.7. The van der Waals surface area contributed by atoms with Crippen LogP contribution in [0, 0.1) is 0 Å². The molecule has 1 atom stereocenters. The van der Waals surface area contributed by atoms with Crippen molar-refractivity contribution in [2.45, 2.75) is 45.9 Å². The Bertz CT molecular complexity index is 1050. The lowest BCUT2D eigenvalue weighted by atomic mass is 10.3. The summed E-state index contributed by atoms with van der Waals surface area (Å²) in [4.78, 5) is 37.2. The van der Waals surface area contributed by atoms with Crippen molar-refractivity contribution in [1.82, 2.24) is 9.13 Å². The Hall–Kier alpha value is -3.35. The van der Waals surface area contributed by atoms with E-state index >= 15 is 0 Å². The van der Waals surface area contributed by atoms with Crippen LogP contribution in [0.5, 0.6) is 0 Å². The number of nitrogens with zero attached hydrogens (tertiary/aromatic N) is 2. The molecule has 0 aliphatic carbocycles. The molecular weight excluding hydrogens is 370 g/mol. The predicted octanol–water partition coefficient (Wildman–Crippen LogP) is 3.17. The van der Waals surface area contributed by atoms with Crippen LogP contribution in [0.1, 0.15) is 26.7 Å². The van der Waals surface area contributed by atoms with Gasteiger partial charge in [-0.2, -0.15) is 0 Å². The number of amides is 1. The van der Waals surface area contributed by atoms with Crippen molar-refractivity contribution in [3.63, 3.8) is 0 Å². The Morgan fingerprint density at radius 3 is 2.17 bits per heavy atom. The Balaban J connectivity index is 1.63. The largest absolute Gasteiger partial charge is 0.452 e. The van der Waals surface area contributed by atoms with Crippen LogP contribution in [0.25, 0.3) is 11.0 Å². The molecule has 7 heteroatoms. The van der Waals surface area contributed by atoms with Crippen molar-refractivity contribution in [2.24, 2.45) is 0 Å². The number of hydrogen-bond acceptors (Lipinski definition) is 4. The second-order valence-corrected chi connectivity index (χ2v) is 6.81. The van der Waals surface area contributed by atoms with Gasteiger partial charge in [-0.05, 0) is 37.6 Å². The molecule has 1 aromatic heterocycles. The van der Waals surface area contributed by atoms with E-state index in [1.807, 2.05) is 37.3 Å². The van der Waals surface area contributed by atoms with Gasteiger partial charge in [-0.25, -0.2) is 4.79 Å². The zero-order valence-corrected chi connectivity index (χ0v) is 16.6. The summed E-state index contributed by atoms with van der Waals surface area (Å²) in [5.74, 6) is -0.929. The van der Waals surface area contributed by atoms with Gasteiger partial charge >= 0.3 is 11.7 Å². The van der Waals surface area contributed by atoms with E-state index < -0.39 is 18.0 Å². The number of esters is 1. The van der Waals surface area contributed by atoms with Gasteiger partial charge in [-0.1, -0.05) is 37.3 Å². The van der Waals surface area contributed by atoms with Crippen molar-refractivity contribution < 1.29 is 14.3 Å². The minimum Gasteiger partial charge on any atom is -0.452 e. The third-order valence-corrected chi connectivity index (χ3v) is 4.63. The van der Waals surface area contributed by atoms with Gasteiger partial charge in [-0.3, -0.25) is 18.7 Å². The van der Waals surface area contributed by atoms with Gasteiger partial charge in [0.15, 0.2) is 6.10 Å². The molecule has 0 fully saturated rings. The normalized spacial score (nSPS) is 11.9. The number of rotatable bonds is 8. The minimum atomic E-state index is -0.930. The van der Waals surface area contributed by atoms with Crippen molar-refractivity contribution in [2.75, 3.05) is 5.32 Å². The van der Waals surface area contributed by atoms with Crippen LogP contribution in [0.15, 0.2) is 59.4 Å². The molecule has 0 saturated heterocycles. The maximum Gasteiger partial charge on any atom is 0.329 e. The fourth-order valence-electron chi connectivity index (χ4n) is 3.21. The van der Waals surface area contributed by atoms with Gasteiger partial charge in [-0.15, -0.1) is 0 Å². The fourth-order valence-corrected chi connectivity index (χ4v) is 3.21. The monoisotopic (exact) mass is 395 g/mol. The second-order valence-electron chi connectivity index (χ2n) is 6.81. The second kappa shape index (κ2) is 9.23. The third kappa shape index (κ3) is 4.74. The number of imidazole rings is 1. The molecular formula is C22H25N3O4. The van der Waals surface area contributed by atoms with Gasteiger partial charge in [0.25, 0.3) is 5.91 Å². The molecule has 0 saturated carbocycles. The maximum atomic E-state index is 12.7. The number of ether oxygens (including phenoxy) is 1. The first-order chi connectivity index (χ1) is 14.0. The molecule has 0 spiro atoms. The van der Waals surface area contributed by atoms with Crippen LogP contribution in [0.3, 0.4) is 0 Å². The zero-order valence-electron chi connectivity index (χ0n) is 16.6. The van der Waals surface area contributed by atoms with E-state index in [1.54, 1.807) is 33.4 Å². The van der Waals surface area contributed by atoms with Crippen LogP contribution >= 0.6 is 0 Å². The summed E-state index contributed by atoms with van der Waals surface area (Å²) in [5.41, 5.74) is 2.13. The van der Waals surface area contributed by atoms with Gasteiger partial charge in [0, 0.05) is 18.8 Å². The quantitative estimate of drug-likeness (QED) is 0.594. The molecule has 2 aromatic carbocycles. The molecule has 1 heterocycles. The Labute approximate surface area is 168 Å². The summed E-state index contributed by atoms with van der Waals surface area (Å²) in [6.07, 6.45) is -0.0895. The molecule has 1 N–H and O–H groups in total. The highest BCUT2D eigenvalue weighted by molar-refractivity contribution is 5.95. The van der Waals surface area contributed by atoms with Crippen LogP contribution in [0.4, 0.5) is 5.69 Å². The first-order valence-corrected chi connectivity index (χ1v) is 9.74. The summed E-state index contributed by atoms with van der Waals surface area (Å²) in [6, 6.07) is 16.5. The number of aryl methyl sites for hydroxylation is 2. The third-order valence-electron chi connectivity index (χ3n) is 4.63. The molecule has 7 nitrogen and oxygen atoms in total. The molecule has 0 bridgehead atoms. The molecule has 0 unspecified atom stereocenters. The lowest BCUT2D eigenvalue weighted by Gasteiger charge is -2.13.